The fourth-order valence-corrected chi connectivity index (χ4v) is 1.93. The van der Waals surface area contributed by atoms with Crippen LogP contribution in [-0.2, 0) is 4.79 Å². The molecule has 1 saturated carbocycles. The van der Waals surface area contributed by atoms with Crippen LogP contribution in [0.15, 0.2) is 18.2 Å². The third-order valence-corrected chi connectivity index (χ3v) is 3.48. The van der Waals surface area contributed by atoms with Crippen LogP contribution in [0.5, 0.6) is 0 Å². The van der Waals surface area contributed by atoms with Crippen LogP contribution in [0.3, 0.4) is 0 Å². The summed E-state index contributed by atoms with van der Waals surface area (Å²) in [6, 6.07) is 4.57. The van der Waals surface area contributed by atoms with Gasteiger partial charge in [0, 0.05) is 5.69 Å². The lowest BCUT2D eigenvalue weighted by Crippen LogP contribution is -2.35. The molecule has 1 fully saturated rings. The minimum absolute atomic E-state index is 0.211. The van der Waals surface area contributed by atoms with E-state index in [2.05, 4.69) is 5.32 Å². The topological polar surface area (TPSA) is 55.1 Å². The van der Waals surface area contributed by atoms with Gasteiger partial charge in [-0.3, -0.25) is 4.79 Å². The van der Waals surface area contributed by atoms with Crippen molar-refractivity contribution in [3.8, 4) is 0 Å². The summed E-state index contributed by atoms with van der Waals surface area (Å²) in [7, 11) is 0. The number of nitrogens with two attached hydrogens (primary N) is 1. The Morgan fingerprint density at radius 3 is 2.65 bits per heavy atom. The predicted molar refractivity (Wildman–Crippen MR) is 68.2 cm³/mol. The van der Waals surface area contributed by atoms with Gasteiger partial charge in [0.25, 0.3) is 0 Å². The van der Waals surface area contributed by atoms with E-state index in [0.29, 0.717) is 24.1 Å². The Morgan fingerprint density at radius 1 is 1.53 bits per heavy atom. The van der Waals surface area contributed by atoms with Crippen molar-refractivity contribution in [3.63, 3.8) is 0 Å². The Hall–Kier alpha value is -1.49. The van der Waals surface area contributed by atoms with Crippen LogP contribution >= 0.6 is 12.2 Å². The maximum absolute atomic E-state index is 13.3. The van der Waals surface area contributed by atoms with Gasteiger partial charge in [-0.1, -0.05) is 18.3 Å². The minimum atomic E-state index is -0.712. The third kappa shape index (κ3) is 2.15. The summed E-state index contributed by atoms with van der Waals surface area (Å²) in [4.78, 5) is 12.1. The number of benzene rings is 1. The van der Waals surface area contributed by atoms with Crippen molar-refractivity contribution in [2.24, 2.45) is 11.1 Å². The number of anilines is 1. The van der Waals surface area contributed by atoms with Crippen molar-refractivity contribution >= 4 is 28.8 Å². The number of carbonyl (C=O) groups is 1. The molecule has 2 rings (SSSR count). The van der Waals surface area contributed by atoms with Crippen LogP contribution < -0.4 is 11.1 Å². The van der Waals surface area contributed by atoms with Gasteiger partial charge in [-0.05, 0) is 37.5 Å². The van der Waals surface area contributed by atoms with E-state index in [1.165, 1.54) is 6.07 Å². The molecule has 3 N–H and O–H groups in total. The van der Waals surface area contributed by atoms with E-state index in [9.17, 15) is 9.18 Å². The number of halogens is 1. The lowest BCUT2D eigenvalue weighted by molar-refractivity contribution is -0.118. The smallest absolute Gasteiger partial charge is 0.237 e. The van der Waals surface area contributed by atoms with Gasteiger partial charge in [0.2, 0.25) is 5.91 Å². The van der Waals surface area contributed by atoms with Crippen LogP contribution in [0.25, 0.3) is 0 Å². The highest BCUT2D eigenvalue weighted by atomic mass is 32.1. The first-order valence-electron chi connectivity index (χ1n) is 5.33. The van der Waals surface area contributed by atoms with E-state index >= 15 is 0 Å². The van der Waals surface area contributed by atoms with Crippen LogP contribution in [-0.4, -0.2) is 10.9 Å². The average Bonchev–Trinajstić information content (AvgIpc) is 3.04. The normalized spacial score (nSPS) is 16.4. The molecule has 0 unspecified atom stereocenters. The highest BCUT2D eigenvalue weighted by molar-refractivity contribution is 7.80. The van der Waals surface area contributed by atoms with Crippen molar-refractivity contribution in [3.05, 3.63) is 29.6 Å². The Kier molecular flexibility index (Phi) is 2.87. The molecule has 1 aromatic carbocycles. The first-order valence-corrected chi connectivity index (χ1v) is 5.74. The average molecular weight is 252 g/mol. The van der Waals surface area contributed by atoms with Gasteiger partial charge in [-0.15, -0.1) is 0 Å². The number of aryl methyl sites for hydroxylation is 1. The lowest BCUT2D eigenvalue weighted by Gasteiger charge is -2.13. The third-order valence-electron chi connectivity index (χ3n) is 3.09. The number of hydrogen-bond donors (Lipinski definition) is 2. The van der Waals surface area contributed by atoms with Crippen LogP contribution in [0.4, 0.5) is 10.1 Å². The van der Waals surface area contributed by atoms with E-state index < -0.39 is 5.41 Å². The minimum Gasteiger partial charge on any atom is -0.392 e. The maximum Gasteiger partial charge on any atom is 0.237 e. The molecule has 5 heteroatoms. The Bertz CT molecular complexity index is 497. The monoisotopic (exact) mass is 252 g/mol. The Labute approximate surface area is 104 Å². The molecular weight excluding hydrogens is 239 g/mol. The van der Waals surface area contributed by atoms with E-state index in [0.717, 1.165) is 0 Å². The molecule has 3 nitrogen and oxygen atoms in total. The lowest BCUT2D eigenvalue weighted by atomic mass is 10.1. The fraction of sp³-hybridized carbons (Fsp3) is 0.333. The first-order chi connectivity index (χ1) is 7.95. The molecule has 0 heterocycles. The van der Waals surface area contributed by atoms with Crippen LogP contribution in [0.1, 0.15) is 18.4 Å². The molecule has 0 aliphatic heterocycles. The van der Waals surface area contributed by atoms with Gasteiger partial charge in [0.1, 0.15) is 5.82 Å². The molecule has 1 aromatic rings. The van der Waals surface area contributed by atoms with Crippen molar-refractivity contribution in [1.82, 2.24) is 0 Å². The number of carbonyl (C=O) groups excluding carboxylic acids is 1. The van der Waals surface area contributed by atoms with Gasteiger partial charge in [-0.2, -0.15) is 0 Å². The number of nitrogens with one attached hydrogen (secondary N) is 1. The van der Waals surface area contributed by atoms with Gasteiger partial charge in [0.05, 0.1) is 10.4 Å². The van der Waals surface area contributed by atoms with Crippen molar-refractivity contribution < 1.29 is 9.18 Å². The fourth-order valence-electron chi connectivity index (χ4n) is 1.63. The zero-order valence-corrected chi connectivity index (χ0v) is 10.2. The van der Waals surface area contributed by atoms with Gasteiger partial charge in [-0.25, -0.2) is 4.39 Å². The summed E-state index contributed by atoms with van der Waals surface area (Å²) in [5.74, 6) is -0.587. The molecule has 0 bridgehead atoms. The van der Waals surface area contributed by atoms with Gasteiger partial charge in [0.15, 0.2) is 0 Å². The molecule has 0 spiro atoms. The van der Waals surface area contributed by atoms with E-state index in [4.69, 9.17) is 18.0 Å². The molecule has 17 heavy (non-hydrogen) atoms. The van der Waals surface area contributed by atoms with Crippen molar-refractivity contribution in [2.75, 3.05) is 5.32 Å². The summed E-state index contributed by atoms with van der Waals surface area (Å²) in [6.45, 7) is 1.67. The standard InChI is InChI=1S/C12H13FN2OS/c1-7-2-3-8(6-9(7)13)15-11(16)12(4-5-12)10(14)17/h2-3,6H,4-5H2,1H3,(H2,14,17)(H,15,16). The van der Waals surface area contributed by atoms with Gasteiger partial charge < -0.3 is 11.1 Å². The van der Waals surface area contributed by atoms with Crippen LogP contribution in [0.2, 0.25) is 0 Å². The highest BCUT2D eigenvalue weighted by Gasteiger charge is 2.52. The van der Waals surface area contributed by atoms with E-state index in [-0.39, 0.29) is 16.7 Å². The second-order valence-corrected chi connectivity index (χ2v) is 4.80. The summed E-state index contributed by atoms with van der Waals surface area (Å²) < 4.78 is 13.3. The maximum atomic E-state index is 13.3. The second-order valence-electron chi connectivity index (χ2n) is 4.36. The second kappa shape index (κ2) is 4.07. The number of thiocarbonyl (C=S) groups is 1. The van der Waals surface area contributed by atoms with Crippen LogP contribution in [0, 0.1) is 18.2 Å². The number of rotatable bonds is 3. The summed E-state index contributed by atoms with van der Waals surface area (Å²) >= 11 is 4.88. The molecule has 90 valence electrons. The predicted octanol–water partition coefficient (Wildman–Crippen LogP) is 2.14. The zero-order valence-electron chi connectivity index (χ0n) is 9.42. The molecule has 1 amide bonds. The largest absolute Gasteiger partial charge is 0.392 e. The molecule has 1 aliphatic rings. The molecular formula is C12H13FN2OS. The van der Waals surface area contributed by atoms with Crippen molar-refractivity contribution in [1.29, 1.82) is 0 Å². The van der Waals surface area contributed by atoms with Gasteiger partial charge >= 0.3 is 0 Å². The molecule has 0 aromatic heterocycles. The molecule has 0 atom stereocenters. The van der Waals surface area contributed by atoms with E-state index in [1.807, 2.05) is 0 Å². The summed E-state index contributed by atoms with van der Waals surface area (Å²) in [6.07, 6.45) is 1.34. The molecule has 1 aliphatic carbocycles. The number of amides is 1. The molecule has 0 saturated heterocycles. The Morgan fingerprint density at radius 2 is 2.18 bits per heavy atom. The highest BCUT2D eigenvalue weighted by Crippen LogP contribution is 2.46. The van der Waals surface area contributed by atoms with Crippen molar-refractivity contribution in [2.45, 2.75) is 19.8 Å². The number of hydrogen-bond acceptors (Lipinski definition) is 2. The quantitative estimate of drug-likeness (QED) is 0.810. The van der Waals surface area contributed by atoms with E-state index in [1.54, 1.807) is 19.1 Å². The Balaban J connectivity index is 2.14. The molecule has 0 radical (unpaired) electrons. The summed E-state index contributed by atoms with van der Waals surface area (Å²) in [5.41, 5.74) is 5.80. The zero-order chi connectivity index (χ0) is 12.6. The SMILES string of the molecule is Cc1ccc(NC(=O)C2(C(N)=S)CC2)cc1F. The summed E-state index contributed by atoms with van der Waals surface area (Å²) in [5, 5.41) is 2.65. The first kappa shape index (κ1) is 12.0.